The van der Waals surface area contributed by atoms with Crippen LogP contribution in [0.25, 0.3) is 0 Å². The zero-order valence-electron chi connectivity index (χ0n) is 9.44. The summed E-state index contributed by atoms with van der Waals surface area (Å²) >= 11 is 0. The van der Waals surface area contributed by atoms with Gasteiger partial charge in [-0.1, -0.05) is 0 Å². The molecule has 0 radical (unpaired) electrons. The van der Waals surface area contributed by atoms with E-state index in [4.69, 9.17) is 10.5 Å². The van der Waals surface area contributed by atoms with Gasteiger partial charge in [0.25, 0.3) is 0 Å². The van der Waals surface area contributed by atoms with E-state index < -0.39 is 0 Å². The zero-order valence-corrected chi connectivity index (χ0v) is 10.3. The van der Waals surface area contributed by atoms with Crippen molar-refractivity contribution >= 4 is 18.3 Å². The van der Waals surface area contributed by atoms with Crippen LogP contribution in [0.5, 0.6) is 0 Å². The molecule has 0 saturated carbocycles. The maximum absolute atomic E-state index is 11.7. The molecule has 1 amide bonds. The minimum atomic E-state index is 0. The predicted octanol–water partition coefficient (Wildman–Crippen LogP) is 0.783. The van der Waals surface area contributed by atoms with Gasteiger partial charge in [-0.2, -0.15) is 0 Å². The Bertz CT molecular complexity index is 200. The molecule has 2 atom stereocenters. The molecule has 0 aromatic heterocycles. The molecule has 1 heterocycles. The van der Waals surface area contributed by atoms with Gasteiger partial charge in [-0.25, -0.2) is 0 Å². The van der Waals surface area contributed by atoms with Gasteiger partial charge in [0.05, 0.1) is 12.7 Å². The molecule has 2 unspecified atom stereocenters. The summed E-state index contributed by atoms with van der Waals surface area (Å²) < 4.78 is 5.37. The third-order valence-corrected chi connectivity index (χ3v) is 2.41. The van der Waals surface area contributed by atoms with Crippen molar-refractivity contribution in [3.8, 4) is 0 Å². The first-order valence-corrected chi connectivity index (χ1v) is 5.24. The number of carbonyl (C=O) groups excluding carboxylic acids is 1. The van der Waals surface area contributed by atoms with Crippen molar-refractivity contribution in [2.75, 3.05) is 19.7 Å². The molecule has 0 bridgehead atoms. The number of amides is 1. The molecule has 0 aliphatic carbocycles. The first-order valence-electron chi connectivity index (χ1n) is 5.24. The number of nitrogens with zero attached hydrogens (tertiary/aromatic N) is 1. The van der Waals surface area contributed by atoms with Gasteiger partial charge in [0.2, 0.25) is 5.91 Å². The molecule has 1 fully saturated rings. The third kappa shape index (κ3) is 5.35. The number of hydrogen-bond acceptors (Lipinski definition) is 3. The molecule has 1 rings (SSSR count). The molecule has 0 spiro atoms. The number of ether oxygens (including phenoxy) is 1. The molecule has 1 aliphatic rings. The summed E-state index contributed by atoms with van der Waals surface area (Å²) in [6.45, 7) is 6.02. The fourth-order valence-electron chi connectivity index (χ4n) is 1.55. The summed E-state index contributed by atoms with van der Waals surface area (Å²) in [5.41, 5.74) is 5.60. The SMILES string of the molecule is CC(N)CCC(=O)N1CCOC(C)C1.Cl. The first kappa shape index (κ1) is 14.7. The van der Waals surface area contributed by atoms with Crippen molar-refractivity contribution in [3.63, 3.8) is 0 Å². The van der Waals surface area contributed by atoms with Crippen molar-refractivity contribution < 1.29 is 9.53 Å². The Hall–Kier alpha value is -0.320. The minimum Gasteiger partial charge on any atom is -0.375 e. The van der Waals surface area contributed by atoms with E-state index in [0.29, 0.717) is 13.0 Å². The van der Waals surface area contributed by atoms with E-state index in [0.717, 1.165) is 19.5 Å². The highest BCUT2D eigenvalue weighted by Crippen LogP contribution is 2.07. The average Bonchev–Trinajstić information content (AvgIpc) is 2.14. The summed E-state index contributed by atoms with van der Waals surface area (Å²) in [4.78, 5) is 13.5. The highest BCUT2D eigenvalue weighted by molar-refractivity contribution is 5.85. The monoisotopic (exact) mass is 236 g/mol. The van der Waals surface area contributed by atoms with Crippen LogP contribution in [0.15, 0.2) is 0 Å². The van der Waals surface area contributed by atoms with Crippen LogP contribution in [-0.2, 0) is 9.53 Å². The van der Waals surface area contributed by atoms with Gasteiger partial charge in [0.1, 0.15) is 0 Å². The second-order valence-corrected chi connectivity index (χ2v) is 4.04. The van der Waals surface area contributed by atoms with Crippen molar-refractivity contribution in [1.29, 1.82) is 0 Å². The normalized spacial score (nSPS) is 23.1. The average molecular weight is 237 g/mol. The topological polar surface area (TPSA) is 55.6 Å². The third-order valence-electron chi connectivity index (χ3n) is 2.41. The van der Waals surface area contributed by atoms with Gasteiger partial charge in [0, 0.05) is 25.6 Å². The maximum atomic E-state index is 11.7. The fourth-order valence-corrected chi connectivity index (χ4v) is 1.55. The predicted molar refractivity (Wildman–Crippen MR) is 62.1 cm³/mol. The van der Waals surface area contributed by atoms with E-state index in [1.807, 2.05) is 18.7 Å². The second kappa shape index (κ2) is 7.04. The summed E-state index contributed by atoms with van der Waals surface area (Å²) in [6, 6.07) is 0.109. The highest BCUT2D eigenvalue weighted by atomic mass is 35.5. The summed E-state index contributed by atoms with van der Waals surface area (Å²) in [7, 11) is 0. The highest BCUT2D eigenvalue weighted by Gasteiger charge is 2.20. The largest absolute Gasteiger partial charge is 0.375 e. The van der Waals surface area contributed by atoms with Crippen LogP contribution in [0.4, 0.5) is 0 Å². The zero-order chi connectivity index (χ0) is 10.6. The van der Waals surface area contributed by atoms with E-state index in [1.54, 1.807) is 0 Å². The Balaban J connectivity index is 0.00000196. The lowest BCUT2D eigenvalue weighted by Gasteiger charge is -2.31. The molecule has 5 heteroatoms. The molecule has 2 N–H and O–H groups in total. The van der Waals surface area contributed by atoms with Gasteiger partial charge >= 0.3 is 0 Å². The number of carbonyl (C=O) groups is 1. The Morgan fingerprint density at radius 2 is 2.33 bits per heavy atom. The molecule has 15 heavy (non-hydrogen) atoms. The van der Waals surface area contributed by atoms with E-state index in [-0.39, 0.29) is 30.5 Å². The standard InChI is InChI=1S/C10H20N2O2.ClH/c1-8(11)3-4-10(13)12-5-6-14-9(2)7-12;/h8-9H,3-7,11H2,1-2H3;1H. The van der Waals surface area contributed by atoms with Gasteiger partial charge < -0.3 is 15.4 Å². The Morgan fingerprint density at radius 3 is 2.87 bits per heavy atom. The Labute approximate surface area is 97.5 Å². The molecule has 0 aromatic rings. The van der Waals surface area contributed by atoms with E-state index in [9.17, 15) is 4.79 Å². The van der Waals surface area contributed by atoms with Gasteiger partial charge in [0.15, 0.2) is 0 Å². The smallest absolute Gasteiger partial charge is 0.222 e. The van der Waals surface area contributed by atoms with Gasteiger partial charge in [-0.3, -0.25) is 4.79 Å². The quantitative estimate of drug-likeness (QED) is 0.788. The lowest BCUT2D eigenvalue weighted by atomic mass is 10.1. The number of nitrogens with two attached hydrogens (primary N) is 1. The second-order valence-electron chi connectivity index (χ2n) is 4.04. The Kier molecular flexibility index (Phi) is 6.89. The maximum Gasteiger partial charge on any atom is 0.222 e. The fraction of sp³-hybridized carbons (Fsp3) is 0.900. The van der Waals surface area contributed by atoms with Crippen LogP contribution in [0.2, 0.25) is 0 Å². The van der Waals surface area contributed by atoms with Crippen LogP contribution < -0.4 is 5.73 Å². The van der Waals surface area contributed by atoms with Crippen LogP contribution in [0, 0.1) is 0 Å². The molecular weight excluding hydrogens is 216 g/mol. The molecule has 0 aromatic carbocycles. The van der Waals surface area contributed by atoms with Crippen molar-refractivity contribution in [2.45, 2.75) is 38.8 Å². The summed E-state index contributed by atoms with van der Waals surface area (Å²) in [5, 5.41) is 0. The van der Waals surface area contributed by atoms with Crippen molar-refractivity contribution in [2.24, 2.45) is 5.73 Å². The van der Waals surface area contributed by atoms with E-state index in [1.165, 1.54) is 0 Å². The molecule has 1 aliphatic heterocycles. The minimum absolute atomic E-state index is 0. The van der Waals surface area contributed by atoms with Crippen LogP contribution >= 0.6 is 12.4 Å². The molecule has 4 nitrogen and oxygen atoms in total. The Morgan fingerprint density at radius 1 is 1.67 bits per heavy atom. The van der Waals surface area contributed by atoms with Gasteiger partial charge in [-0.05, 0) is 20.3 Å². The summed E-state index contributed by atoms with van der Waals surface area (Å²) in [6.07, 6.45) is 1.50. The summed E-state index contributed by atoms with van der Waals surface area (Å²) in [5.74, 6) is 0.206. The van der Waals surface area contributed by atoms with E-state index >= 15 is 0 Å². The number of hydrogen-bond donors (Lipinski definition) is 1. The lowest BCUT2D eigenvalue weighted by molar-refractivity contribution is -0.138. The first-order chi connectivity index (χ1) is 6.59. The van der Waals surface area contributed by atoms with Crippen molar-refractivity contribution in [1.82, 2.24) is 4.90 Å². The van der Waals surface area contributed by atoms with Gasteiger partial charge in [-0.15, -0.1) is 12.4 Å². The lowest BCUT2D eigenvalue weighted by Crippen LogP contribution is -2.44. The number of rotatable bonds is 3. The van der Waals surface area contributed by atoms with Crippen molar-refractivity contribution in [3.05, 3.63) is 0 Å². The number of halogens is 1. The van der Waals surface area contributed by atoms with Crippen LogP contribution in [0.1, 0.15) is 26.7 Å². The molecule has 90 valence electrons. The van der Waals surface area contributed by atoms with Crippen LogP contribution in [0.3, 0.4) is 0 Å². The molecule has 1 saturated heterocycles. The molecular formula is C10H21ClN2O2. The van der Waals surface area contributed by atoms with E-state index in [2.05, 4.69) is 0 Å². The number of morpholine rings is 1. The van der Waals surface area contributed by atoms with Crippen LogP contribution in [-0.4, -0.2) is 42.6 Å².